The minimum absolute atomic E-state index is 0.0840. The van der Waals surface area contributed by atoms with Gasteiger partial charge >= 0.3 is 12.1 Å². The zero-order valence-electron chi connectivity index (χ0n) is 20.0. The Labute approximate surface area is 199 Å². The van der Waals surface area contributed by atoms with Crippen LogP contribution < -0.4 is 10.6 Å². The number of carboxylic acid groups (broad SMARTS) is 1. The summed E-state index contributed by atoms with van der Waals surface area (Å²) in [6, 6.07) is 14.4. The second-order valence-electron chi connectivity index (χ2n) is 9.45. The van der Waals surface area contributed by atoms with Crippen LogP contribution >= 0.6 is 0 Å². The van der Waals surface area contributed by atoms with Crippen molar-refractivity contribution in [2.24, 2.45) is 0 Å². The maximum atomic E-state index is 12.7. The molecule has 0 radical (unpaired) electrons. The van der Waals surface area contributed by atoms with Gasteiger partial charge in [-0.05, 0) is 49.9 Å². The van der Waals surface area contributed by atoms with Crippen LogP contribution in [0.1, 0.15) is 51.2 Å². The highest BCUT2D eigenvalue weighted by molar-refractivity contribution is 5.86. The molecule has 0 aromatic heterocycles. The van der Waals surface area contributed by atoms with Crippen LogP contribution in [-0.2, 0) is 19.1 Å². The van der Waals surface area contributed by atoms with E-state index in [0.29, 0.717) is 0 Å². The lowest BCUT2D eigenvalue weighted by Crippen LogP contribution is -2.52. The lowest BCUT2D eigenvalue weighted by molar-refractivity contribution is -0.137. The zero-order valence-corrected chi connectivity index (χ0v) is 20.0. The van der Waals surface area contributed by atoms with Gasteiger partial charge in [-0.1, -0.05) is 48.5 Å². The molecule has 182 valence electrons. The molecule has 0 aliphatic heterocycles. The fourth-order valence-corrected chi connectivity index (χ4v) is 3.95. The van der Waals surface area contributed by atoms with Crippen molar-refractivity contribution in [3.63, 3.8) is 0 Å². The number of rotatable bonds is 9. The van der Waals surface area contributed by atoms with Crippen LogP contribution in [0.2, 0.25) is 0 Å². The minimum Gasteiger partial charge on any atom is -0.481 e. The summed E-state index contributed by atoms with van der Waals surface area (Å²) in [5, 5.41) is 14.1. The number of nitrogens with one attached hydrogen (secondary N) is 2. The van der Waals surface area contributed by atoms with Crippen LogP contribution in [0.4, 0.5) is 4.79 Å². The number of carboxylic acids is 1. The van der Waals surface area contributed by atoms with E-state index in [1.165, 1.54) is 0 Å². The number of aliphatic carboxylic acids is 1. The van der Waals surface area contributed by atoms with Gasteiger partial charge in [0.1, 0.15) is 12.6 Å². The molecule has 3 N–H and O–H groups in total. The molecule has 0 fully saturated rings. The maximum Gasteiger partial charge on any atom is 0.407 e. The molecule has 34 heavy (non-hydrogen) atoms. The maximum absolute atomic E-state index is 12.7. The van der Waals surface area contributed by atoms with Gasteiger partial charge in [-0.2, -0.15) is 0 Å². The number of alkyl carbamates (subject to hydrolysis) is 1. The van der Waals surface area contributed by atoms with E-state index in [0.717, 1.165) is 22.3 Å². The molecular weight excluding hydrogens is 436 g/mol. The first-order valence-electron chi connectivity index (χ1n) is 11.3. The quantitative estimate of drug-likeness (QED) is 0.517. The molecule has 0 bridgehead atoms. The second-order valence-corrected chi connectivity index (χ2v) is 9.45. The summed E-state index contributed by atoms with van der Waals surface area (Å²) in [5.74, 6) is -1.67. The molecule has 0 saturated heterocycles. The molecule has 0 heterocycles. The first-order valence-corrected chi connectivity index (χ1v) is 11.3. The summed E-state index contributed by atoms with van der Waals surface area (Å²) in [4.78, 5) is 36.3. The van der Waals surface area contributed by atoms with Crippen molar-refractivity contribution in [3.05, 3.63) is 59.7 Å². The first-order chi connectivity index (χ1) is 16.0. The molecule has 2 atom stereocenters. The van der Waals surface area contributed by atoms with E-state index in [9.17, 15) is 14.4 Å². The Hall–Kier alpha value is -3.39. The van der Waals surface area contributed by atoms with E-state index in [2.05, 4.69) is 22.8 Å². The normalized spacial score (nSPS) is 14.5. The van der Waals surface area contributed by atoms with E-state index in [1.54, 1.807) is 6.92 Å². The second kappa shape index (κ2) is 10.7. The molecule has 2 aromatic carbocycles. The van der Waals surface area contributed by atoms with Crippen molar-refractivity contribution in [2.75, 3.05) is 13.2 Å². The summed E-state index contributed by atoms with van der Waals surface area (Å²) in [6.07, 6.45) is -0.978. The fourth-order valence-electron chi connectivity index (χ4n) is 3.95. The van der Waals surface area contributed by atoms with E-state index < -0.39 is 35.7 Å². The van der Waals surface area contributed by atoms with Crippen LogP contribution in [0.15, 0.2) is 48.5 Å². The molecule has 1 aliphatic rings. The summed E-state index contributed by atoms with van der Waals surface area (Å²) in [5.41, 5.74) is 3.88. The van der Waals surface area contributed by atoms with Crippen LogP contribution in [-0.4, -0.2) is 54.0 Å². The van der Waals surface area contributed by atoms with Crippen LogP contribution in [0, 0.1) is 0 Å². The number of benzene rings is 2. The first kappa shape index (κ1) is 25.2. The minimum atomic E-state index is -1.04. The van der Waals surface area contributed by atoms with Crippen LogP contribution in [0.3, 0.4) is 0 Å². The third-order valence-electron chi connectivity index (χ3n) is 5.50. The molecule has 3 rings (SSSR count). The fraction of sp³-hybridized carbons (Fsp3) is 0.423. The van der Waals surface area contributed by atoms with Crippen molar-refractivity contribution in [3.8, 4) is 11.1 Å². The molecule has 2 aromatic rings. The molecule has 0 unspecified atom stereocenters. The molecule has 0 saturated carbocycles. The number of ether oxygens (including phenoxy) is 2. The lowest BCUT2D eigenvalue weighted by atomic mass is 9.98. The standard InChI is InChI=1S/C26H32N2O6/c1-16(13-23(29)30)27-24(31)22(15-34-26(2,3)4)28-25(32)33-14-21-19-11-7-5-9-17(19)18-10-6-8-12-20(18)21/h5-12,16,21-22H,13-15H2,1-4H3,(H,27,31)(H,28,32)(H,29,30)/t16-,22-/m0/s1. The summed E-state index contributed by atoms with van der Waals surface area (Å²) in [6.45, 7) is 7.12. The Kier molecular flexibility index (Phi) is 7.94. The van der Waals surface area contributed by atoms with Crippen molar-refractivity contribution in [2.45, 2.75) is 57.7 Å². The Morgan fingerprint density at radius 3 is 2.06 bits per heavy atom. The predicted octanol–water partition coefficient (Wildman–Crippen LogP) is 3.69. The third-order valence-corrected chi connectivity index (χ3v) is 5.50. The zero-order chi connectivity index (χ0) is 24.9. The molecule has 8 nitrogen and oxygen atoms in total. The van der Waals surface area contributed by atoms with Crippen LogP contribution in [0.25, 0.3) is 11.1 Å². The van der Waals surface area contributed by atoms with E-state index in [4.69, 9.17) is 14.6 Å². The highest BCUT2D eigenvalue weighted by Crippen LogP contribution is 2.44. The van der Waals surface area contributed by atoms with E-state index in [-0.39, 0.29) is 25.6 Å². The lowest BCUT2D eigenvalue weighted by Gasteiger charge is -2.25. The number of carbonyl (C=O) groups excluding carboxylic acids is 2. The number of hydrogen-bond donors (Lipinski definition) is 3. The Morgan fingerprint density at radius 1 is 0.971 bits per heavy atom. The number of fused-ring (bicyclic) bond motifs is 3. The van der Waals surface area contributed by atoms with E-state index >= 15 is 0 Å². The monoisotopic (exact) mass is 468 g/mol. The molecular formula is C26H32N2O6. The van der Waals surface area contributed by atoms with Gasteiger partial charge < -0.3 is 25.2 Å². The third kappa shape index (κ3) is 6.57. The largest absolute Gasteiger partial charge is 0.481 e. The Balaban J connectivity index is 1.66. The van der Waals surface area contributed by atoms with Crippen molar-refractivity contribution < 1.29 is 29.0 Å². The summed E-state index contributed by atoms with van der Waals surface area (Å²) < 4.78 is 11.2. The number of carbonyl (C=O) groups is 3. The molecule has 0 spiro atoms. The van der Waals surface area contributed by atoms with Gasteiger partial charge in [0.25, 0.3) is 0 Å². The predicted molar refractivity (Wildman–Crippen MR) is 128 cm³/mol. The van der Waals surface area contributed by atoms with Crippen molar-refractivity contribution in [1.29, 1.82) is 0 Å². The molecule has 1 aliphatic carbocycles. The van der Waals surface area contributed by atoms with E-state index in [1.807, 2.05) is 57.2 Å². The topological polar surface area (TPSA) is 114 Å². The molecule has 2 amide bonds. The Morgan fingerprint density at radius 2 is 1.53 bits per heavy atom. The van der Waals surface area contributed by atoms with Gasteiger partial charge in [-0.25, -0.2) is 4.79 Å². The van der Waals surface area contributed by atoms with Gasteiger partial charge in [-0.15, -0.1) is 0 Å². The van der Waals surface area contributed by atoms with Gasteiger partial charge in [0.05, 0.1) is 18.6 Å². The van der Waals surface area contributed by atoms with Gasteiger partial charge in [-0.3, -0.25) is 9.59 Å². The average Bonchev–Trinajstić information content (AvgIpc) is 3.07. The number of amides is 2. The average molecular weight is 469 g/mol. The van der Waals surface area contributed by atoms with Gasteiger partial charge in [0.15, 0.2) is 0 Å². The van der Waals surface area contributed by atoms with Crippen molar-refractivity contribution >= 4 is 18.0 Å². The highest BCUT2D eigenvalue weighted by Gasteiger charge is 2.30. The summed E-state index contributed by atoms with van der Waals surface area (Å²) in [7, 11) is 0. The highest BCUT2D eigenvalue weighted by atomic mass is 16.5. The number of hydrogen-bond acceptors (Lipinski definition) is 5. The smallest absolute Gasteiger partial charge is 0.407 e. The molecule has 8 heteroatoms. The SMILES string of the molecule is C[C@@H](CC(=O)O)NC(=O)[C@H](COC(C)(C)C)NC(=O)OCC1c2ccccc2-c2ccccc21. The van der Waals surface area contributed by atoms with Gasteiger partial charge in [0, 0.05) is 12.0 Å². The van der Waals surface area contributed by atoms with Crippen LogP contribution in [0.5, 0.6) is 0 Å². The van der Waals surface area contributed by atoms with Crippen molar-refractivity contribution in [1.82, 2.24) is 10.6 Å². The Bertz CT molecular complexity index is 1000. The summed E-state index contributed by atoms with van der Waals surface area (Å²) >= 11 is 0. The van der Waals surface area contributed by atoms with Gasteiger partial charge in [0.2, 0.25) is 5.91 Å².